The first-order valence-corrected chi connectivity index (χ1v) is 10.7. The van der Waals surface area contributed by atoms with E-state index in [1.54, 1.807) is 0 Å². The van der Waals surface area contributed by atoms with Gasteiger partial charge in [-0.1, -0.05) is 102 Å². The summed E-state index contributed by atoms with van der Waals surface area (Å²) in [5.74, 6) is 0.766. The van der Waals surface area contributed by atoms with Crippen molar-refractivity contribution in [3.05, 3.63) is 117 Å². The Morgan fingerprint density at radius 2 is 1.40 bits per heavy atom. The molecule has 0 saturated heterocycles. The summed E-state index contributed by atoms with van der Waals surface area (Å²) >= 11 is 7.48. The minimum Gasteiger partial charge on any atom is -0.186 e. The summed E-state index contributed by atoms with van der Waals surface area (Å²) in [4.78, 5) is 0.776. The molecular formula is C24H17ClN4S. The molecule has 0 aliphatic rings. The maximum Gasteiger partial charge on any atom is 0.234 e. The summed E-state index contributed by atoms with van der Waals surface area (Å²) in [5.41, 5.74) is 3.38. The number of rotatable bonds is 5. The van der Waals surface area contributed by atoms with Crippen LogP contribution in [0.5, 0.6) is 0 Å². The van der Waals surface area contributed by atoms with Gasteiger partial charge in [0.05, 0.1) is 5.92 Å². The molecule has 0 saturated carbocycles. The number of aromatic nitrogens is 4. The topological polar surface area (TPSA) is 43.1 Å². The second kappa shape index (κ2) is 8.22. The second-order valence-corrected chi connectivity index (χ2v) is 8.26. The molecule has 6 heteroatoms. The van der Waals surface area contributed by atoms with Crippen LogP contribution < -0.4 is 0 Å². The van der Waals surface area contributed by atoms with E-state index in [0.717, 1.165) is 37.5 Å². The van der Waals surface area contributed by atoms with Gasteiger partial charge < -0.3 is 0 Å². The van der Waals surface area contributed by atoms with Crippen LogP contribution >= 0.6 is 22.9 Å². The molecule has 0 unspecified atom stereocenters. The first-order chi connectivity index (χ1) is 14.8. The lowest BCUT2D eigenvalue weighted by Crippen LogP contribution is -2.08. The lowest BCUT2D eigenvalue weighted by Gasteiger charge is -2.15. The molecular weight excluding hydrogens is 412 g/mol. The zero-order valence-electron chi connectivity index (χ0n) is 15.9. The normalized spacial score (nSPS) is 11.7. The Balaban J connectivity index is 1.55. The Morgan fingerprint density at radius 3 is 2.03 bits per heavy atom. The van der Waals surface area contributed by atoms with Crippen LogP contribution in [-0.2, 0) is 0 Å². The quantitative estimate of drug-likeness (QED) is 0.335. The van der Waals surface area contributed by atoms with Crippen molar-refractivity contribution in [3.63, 3.8) is 0 Å². The Labute approximate surface area is 183 Å². The fraction of sp³-hybridized carbons (Fsp3) is 0.0417. The highest BCUT2D eigenvalue weighted by atomic mass is 35.5. The van der Waals surface area contributed by atoms with Crippen molar-refractivity contribution in [2.24, 2.45) is 0 Å². The Morgan fingerprint density at radius 1 is 0.767 bits per heavy atom. The van der Waals surface area contributed by atoms with Crippen molar-refractivity contribution >= 4 is 40.1 Å². The van der Waals surface area contributed by atoms with Crippen molar-refractivity contribution in [1.29, 1.82) is 0 Å². The van der Waals surface area contributed by atoms with E-state index in [2.05, 4.69) is 34.5 Å². The van der Waals surface area contributed by atoms with Gasteiger partial charge in [-0.2, -0.15) is 9.61 Å². The maximum absolute atomic E-state index is 5.96. The van der Waals surface area contributed by atoms with Crippen LogP contribution in [-0.4, -0.2) is 19.8 Å². The third kappa shape index (κ3) is 3.77. The van der Waals surface area contributed by atoms with E-state index < -0.39 is 0 Å². The summed E-state index contributed by atoms with van der Waals surface area (Å²) in [5, 5.41) is 15.3. The van der Waals surface area contributed by atoms with Gasteiger partial charge in [0.15, 0.2) is 5.82 Å². The van der Waals surface area contributed by atoms with Crippen molar-refractivity contribution in [2.45, 2.75) is 5.92 Å². The van der Waals surface area contributed by atoms with Crippen LogP contribution in [0.2, 0.25) is 5.02 Å². The molecule has 0 N–H and O–H groups in total. The Hall–Kier alpha value is -3.28. The summed E-state index contributed by atoms with van der Waals surface area (Å²) < 4.78 is 1.86. The van der Waals surface area contributed by atoms with Gasteiger partial charge in [-0.25, -0.2) is 0 Å². The molecule has 5 aromatic rings. The van der Waals surface area contributed by atoms with Gasteiger partial charge in [0.1, 0.15) is 5.01 Å². The number of benzene rings is 3. The van der Waals surface area contributed by atoms with Gasteiger partial charge in [0, 0.05) is 5.02 Å². The number of fused-ring (bicyclic) bond motifs is 1. The maximum atomic E-state index is 5.96. The zero-order chi connectivity index (χ0) is 20.3. The molecule has 146 valence electrons. The fourth-order valence-corrected chi connectivity index (χ4v) is 4.29. The number of halogens is 1. The Kier molecular flexibility index (Phi) is 5.13. The average molecular weight is 429 g/mol. The highest BCUT2D eigenvalue weighted by Gasteiger charge is 2.24. The lowest BCUT2D eigenvalue weighted by molar-refractivity contribution is 0.782. The van der Waals surface area contributed by atoms with Gasteiger partial charge >= 0.3 is 0 Å². The van der Waals surface area contributed by atoms with Crippen LogP contribution in [0.15, 0.2) is 84.9 Å². The summed E-state index contributed by atoms with van der Waals surface area (Å²) in [6, 6.07) is 28.4. The molecule has 0 bridgehead atoms. The summed E-state index contributed by atoms with van der Waals surface area (Å²) in [6.07, 6.45) is 4.01. The third-order valence-electron chi connectivity index (χ3n) is 4.84. The second-order valence-electron chi connectivity index (χ2n) is 6.83. The fourth-order valence-electron chi connectivity index (χ4n) is 3.42. The third-order valence-corrected chi connectivity index (χ3v) is 5.96. The van der Waals surface area contributed by atoms with Crippen LogP contribution in [0, 0.1) is 0 Å². The minimum atomic E-state index is -0.0439. The summed E-state index contributed by atoms with van der Waals surface area (Å²) in [7, 11) is 0. The molecule has 2 aromatic heterocycles. The molecule has 0 spiro atoms. The van der Waals surface area contributed by atoms with Gasteiger partial charge in [0.25, 0.3) is 0 Å². The first kappa shape index (κ1) is 18.7. The number of nitrogens with zero attached hydrogens (tertiary/aromatic N) is 4. The zero-order valence-corrected chi connectivity index (χ0v) is 17.5. The first-order valence-electron chi connectivity index (χ1n) is 9.53. The SMILES string of the molecule is Clc1ccc(/C=C/c2nn3c(C(c4ccccc4)c4ccccc4)nnc3s2)cc1. The van der Waals surface area contributed by atoms with Crippen LogP contribution in [0.3, 0.4) is 0 Å². The van der Waals surface area contributed by atoms with Gasteiger partial charge in [0.2, 0.25) is 4.96 Å². The van der Waals surface area contributed by atoms with Crippen LogP contribution in [0.1, 0.15) is 33.4 Å². The standard InChI is InChI=1S/C24H17ClN4S/c25-20-14-11-17(12-15-20)13-16-21-28-29-23(26-27-24(29)30-21)22(18-7-3-1-4-8-18)19-9-5-2-6-10-19/h1-16,22H/b16-13+. The average Bonchev–Trinajstić information content (AvgIpc) is 3.37. The monoisotopic (exact) mass is 428 g/mol. The van der Waals surface area contributed by atoms with E-state index >= 15 is 0 Å². The molecule has 0 radical (unpaired) electrons. The highest BCUT2D eigenvalue weighted by Crippen LogP contribution is 2.31. The van der Waals surface area contributed by atoms with E-state index in [1.165, 1.54) is 11.3 Å². The smallest absolute Gasteiger partial charge is 0.186 e. The molecule has 4 nitrogen and oxygen atoms in total. The van der Waals surface area contributed by atoms with Gasteiger partial charge in [-0.3, -0.25) is 0 Å². The minimum absolute atomic E-state index is 0.0439. The van der Waals surface area contributed by atoms with Crippen LogP contribution in [0.4, 0.5) is 0 Å². The highest BCUT2D eigenvalue weighted by molar-refractivity contribution is 7.17. The van der Waals surface area contributed by atoms with E-state index in [0.29, 0.717) is 0 Å². The lowest BCUT2D eigenvalue weighted by atomic mass is 9.91. The largest absolute Gasteiger partial charge is 0.234 e. The van der Waals surface area contributed by atoms with E-state index in [4.69, 9.17) is 16.7 Å². The van der Waals surface area contributed by atoms with Gasteiger partial charge in [-0.05, 0) is 34.9 Å². The molecule has 3 aromatic carbocycles. The molecule has 0 atom stereocenters. The van der Waals surface area contributed by atoms with Crippen molar-refractivity contribution in [1.82, 2.24) is 19.8 Å². The van der Waals surface area contributed by atoms with Crippen molar-refractivity contribution < 1.29 is 0 Å². The van der Waals surface area contributed by atoms with E-state index in [1.807, 2.05) is 77.3 Å². The predicted molar refractivity (Wildman–Crippen MR) is 123 cm³/mol. The molecule has 5 rings (SSSR count). The summed E-state index contributed by atoms with van der Waals surface area (Å²) in [6.45, 7) is 0. The van der Waals surface area contributed by atoms with E-state index in [-0.39, 0.29) is 5.92 Å². The molecule has 0 fully saturated rings. The molecule has 0 amide bonds. The predicted octanol–water partition coefficient (Wildman–Crippen LogP) is 6.19. The molecule has 30 heavy (non-hydrogen) atoms. The van der Waals surface area contributed by atoms with E-state index in [9.17, 15) is 0 Å². The molecule has 0 aliphatic heterocycles. The van der Waals surface area contributed by atoms with Crippen LogP contribution in [0.25, 0.3) is 17.1 Å². The molecule has 2 heterocycles. The molecule has 0 aliphatic carbocycles. The number of hydrogen-bond acceptors (Lipinski definition) is 4. The van der Waals surface area contributed by atoms with Gasteiger partial charge in [-0.15, -0.1) is 10.2 Å². The number of hydrogen-bond donors (Lipinski definition) is 0. The van der Waals surface area contributed by atoms with Crippen molar-refractivity contribution in [2.75, 3.05) is 0 Å². The van der Waals surface area contributed by atoms with Crippen molar-refractivity contribution in [3.8, 4) is 0 Å². The Bertz CT molecular complexity index is 1250.